The number of ether oxygens (including phenoxy) is 2. The molecule has 2 aromatic carbocycles. The third kappa shape index (κ3) is 4.69. The Bertz CT molecular complexity index is 1450. The Balaban J connectivity index is 1.86. The molecule has 0 fully saturated rings. The fraction of sp³-hybridized carbons (Fsp3) is 0.192. The van der Waals surface area contributed by atoms with E-state index < -0.39 is 12.0 Å². The summed E-state index contributed by atoms with van der Waals surface area (Å²) in [6.45, 7) is 7.83. The molecule has 0 saturated carbocycles. The van der Waals surface area contributed by atoms with E-state index >= 15 is 0 Å². The van der Waals surface area contributed by atoms with Crippen molar-refractivity contribution in [2.75, 3.05) is 13.2 Å². The van der Waals surface area contributed by atoms with Crippen LogP contribution in [0.1, 0.15) is 31.0 Å². The van der Waals surface area contributed by atoms with Crippen molar-refractivity contribution in [2.45, 2.75) is 19.9 Å². The second-order valence-electron chi connectivity index (χ2n) is 7.50. The zero-order valence-corrected chi connectivity index (χ0v) is 21.2. The first-order chi connectivity index (χ1) is 16.4. The van der Waals surface area contributed by atoms with Crippen LogP contribution in [-0.4, -0.2) is 23.8 Å². The molecule has 0 unspecified atom stereocenters. The van der Waals surface area contributed by atoms with Gasteiger partial charge >= 0.3 is 5.97 Å². The lowest BCUT2D eigenvalue weighted by molar-refractivity contribution is -0.139. The number of esters is 1. The molecule has 1 aliphatic rings. The fourth-order valence-corrected chi connectivity index (χ4v) is 5.32. The summed E-state index contributed by atoms with van der Waals surface area (Å²) in [5, 5.41) is 0. The monoisotopic (exact) mass is 538 g/mol. The van der Waals surface area contributed by atoms with E-state index in [0.29, 0.717) is 33.0 Å². The van der Waals surface area contributed by atoms with Crippen LogP contribution >= 0.6 is 27.3 Å². The summed E-state index contributed by atoms with van der Waals surface area (Å²) in [5.41, 5.74) is 2.36. The SMILES string of the molecule is C=CCOc1ccc(/C=c2/sc3n(c2=O)[C@H](c2ccccc2)C(C(=O)OCC)=C(C)N=3)cc1Br. The highest BCUT2D eigenvalue weighted by Crippen LogP contribution is 2.30. The zero-order chi connectivity index (χ0) is 24.2. The number of carbonyl (C=O) groups excluding carboxylic acids is 1. The summed E-state index contributed by atoms with van der Waals surface area (Å²) in [5.74, 6) is 0.225. The number of aromatic nitrogens is 1. The molecule has 1 aliphatic heterocycles. The van der Waals surface area contributed by atoms with Crippen LogP contribution in [0.5, 0.6) is 5.75 Å². The van der Waals surface area contributed by atoms with E-state index in [1.807, 2.05) is 54.6 Å². The second kappa shape index (κ2) is 10.4. The Morgan fingerprint density at radius 1 is 1.26 bits per heavy atom. The van der Waals surface area contributed by atoms with Gasteiger partial charge in [0, 0.05) is 0 Å². The molecule has 34 heavy (non-hydrogen) atoms. The van der Waals surface area contributed by atoms with E-state index in [1.54, 1.807) is 24.5 Å². The van der Waals surface area contributed by atoms with Gasteiger partial charge in [0.1, 0.15) is 12.4 Å². The predicted molar refractivity (Wildman–Crippen MR) is 137 cm³/mol. The van der Waals surface area contributed by atoms with Gasteiger partial charge in [-0.05, 0) is 59.1 Å². The average molecular weight is 539 g/mol. The molecule has 3 aromatic rings. The van der Waals surface area contributed by atoms with Gasteiger partial charge in [-0.15, -0.1) is 0 Å². The molecule has 1 atom stereocenters. The number of thiazole rings is 1. The molecule has 8 heteroatoms. The molecule has 4 rings (SSSR count). The largest absolute Gasteiger partial charge is 0.488 e. The minimum atomic E-state index is -0.611. The van der Waals surface area contributed by atoms with E-state index in [4.69, 9.17) is 9.47 Å². The third-order valence-corrected chi connectivity index (χ3v) is 6.85. The second-order valence-corrected chi connectivity index (χ2v) is 9.37. The van der Waals surface area contributed by atoms with Crippen molar-refractivity contribution >= 4 is 39.3 Å². The van der Waals surface area contributed by atoms with Gasteiger partial charge in [-0.2, -0.15) is 0 Å². The first kappa shape index (κ1) is 23.9. The van der Waals surface area contributed by atoms with Crippen LogP contribution in [0.25, 0.3) is 6.08 Å². The predicted octanol–water partition coefficient (Wildman–Crippen LogP) is 4.13. The molecule has 0 saturated heterocycles. The van der Waals surface area contributed by atoms with Crippen LogP contribution in [0, 0.1) is 0 Å². The molecular weight excluding hydrogens is 516 g/mol. The minimum absolute atomic E-state index is 0.213. The van der Waals surface area contributed by atoms with Crippen molar-refractivity contribution in [1.82, 2.24) is 4.57 Å². The molecule has 0 spiro atoms. The molecule has 0 amide bonds. The summed E-state index contributed by atoms with van der Waals surface area (Å²) in [6.07, 6.45) is 3.49. The van der Waals surface area contributed by atoms with Crippen LogP contribution in [0.2, 0.25) is 0 Å². The van der Waals surface area contributed by atoms with Crippen LogP contribution in [0.15, 0.2) is 86.7 Å². The van der Waals surface area contributed by atoms with Crippen molar-refractivity contribution < 1.29 is 14.3 Å². The number of rotatable bonds is 7. The summed E-state index contributed by atoms with van der Waals surface area (Å²) in [7, 11) is 0. The molecule has 6 nitrogen and oxygen atoms in total. The van der Waals surface area contributed by atoms with Gasteiger partial charge in [-0.1, -0.05) is 60.4 Å². The fourth-order valence-electron chi connectivity index (χ4n) is 3.77. The van der Waals surface area contributed by atoms with Gasteiger partial charge in [0.2, 0.25) is 0 Å². The normalized spacial score (nSPS) is 15.5. The van der Waals surface area contributed by atoms with Crippen LogP contribution in [0.3, 0.4) is 0 Å². The first-order valence-electron chi connectivity index (χ1n) is 10.7. The number of hydrogen-bond acceptors (Lipinski definition) is 6. The van der Waals surface area contributed by atoms with Crippen molar-refractivity contribution in [3.05, 3.63) is 108 Å². The van der Waals surface area contributed by atoms with E-state index in [-0.39, 0.29) is 12.2 Å². The number of halogens is 1. The Morgan fingerprint density at radius 3 is 2.71 bits per heavy atom. The molecule has 0 radical (unpaired) electrons. The maximum Gasteiger partial charge on any atom is 0.338 e. The van der Waals surface area contributed by atoms with Crippen molar-refractivity contribution in [1.29, 1.82) is 0 Å². The van der Waals surface area contributed by atoms with E-state index in [1.165, 1.54) is 11.3 Å². The highest BCUT2D eigenvalue weighted by Gasteiger charge is 2.33. The van der Waals surface area contributed by atoms with Crippen LogP contribution < -0.4 is 19.6 Å². The van der Waals surface area contributed by atoms with Crippen molar-refractivity contribution in [3.8, 4) is 5.75 Å². The maximum atomic E-state index is 13.6. The van der Waals surface area contributed by atoms with Gasteiger partial charge in [0.05, 0.1) is 32.9 Å². The van der Waals surface area contributed by atoms with E-state index in [0.717, 1.165) is 15.6 Å². The molecule has 0 N–H and O–H groups in total. The van der Waals surface area contributed by atoms with Gasteiger partial charge in [-0.3, -0.25) is 9.36 Å². The molecule has 1 aromatic heterocycles. The number of nitrogens with zero attached hydrogens (tertiary/aromatic N) is 2. The quantitative estimate of drug-likeness (QED) is 0.335. The Hall–Kier alpha value is -3.23. The van der Waals surface area contributed by atoms with E-state index in [2.05, 4.69) is 27.5 Å². The topological polar surface area (TPSA) is 69.9 Å². The number of hydrogen-bond donors (Lipinski definition) is 0. The number of fused-ring (bicyclic) bond motifs is 1. The Kier molecular flexibility index (Phi) is 7.29. The van der Waals surface area contributed by atoms with Crippen LogP contribution in [0.4, 0.5) is 0 Å². The summed E-state index contributed by atoms with van der Waals surface area (Å²) >= 11 is 4.81. The van der Waals surface area contributed by atoms with E-state index in [9.17, 15) is 9.59 Å². The lowest BCUT2D eigenvalue weighted by Gasteiger charge is -2.24. The molecular formula is C26H23BrN2O4S. The smallest absolute Gasteiger partial charge is 0.338 e. The molecule has 174 valence electrons. The molecule has 2 heterocycles. The maximum absolute atomic E-state index is 13.6. The lowest BCUT2D eigenvalue weighted by atomic mass is 9.96. The van der Waals surface area contributed by atoms with Gasteiger partial charge in [-0.25, -0.2) is 9.79 Å². The minimum Gasteiger partial charge on any atom is -0.488 e. The number of allylic oxidation sites excluding steroid dienone is 1. The molecule has 0 aliphatic carbocycles. The van der Waals surface area contributed by atoms with Gasteiger partial charge < -0.3 is 9.47 Å². The summed E-state index contributed by atoms with van der Waals surface area (Å²) < 4.78 is 13.8. The van der Waals surface area contributed by atoms with Gasteiger partial charge in [0.15, 0.2) is 4.80 Å². The number of benzene rings is 2. The Morgan fingerprint density at radius 2 is 2.03 bits per heavy atom. The summed E-state index contributed by atoms with van der Waals surface area (Å²) in [4.78, 5) is 31.6. The van der Waals surface area contributed by atoms with Gasteiger partial charge in [0.25, 0.3) is 5.56 Å². The Labute approximate surface area is 209 Å². The lowest BCUT2D eigenvalue weighted by Crippen LogP contribution is -2.39. The third-order valence-electron chi connectivity index (χ3n) is 5.24. The van der Waals surface area contributed by atoms with Crippen molar-refractivity contribution in [3.63, 3.8) is 0 Å². The number of carbonyl (C=O) groups is 1. The van der Waals surface area contributed by atoms with Crippen molar-refractivity contribution in [2.24, 2.45) is 4.99 Å². The molecule has 0 bridgehead atoms. The standard InChI is InChI=1S/C26H23BrN2O4S/c1-4-13-33-20-12-11-17(14-19(20)27)15-21-24(30)29-23(18-9-7-6-8-10-18)22(25(31)32-5-2)16(3)28-26(29)34-21/h4,6-12,14-15,23H,1,5,13H2,2-3H3/b21-15+/t23-/m1/s1. The highest BCUT2D eigenvalue weighted by atomic mass is 79.9. The summed E-state index contributed by atoms with van der Waals surface area (Å²) in [6, 6.07) is 14.5. The highest BCUT2D eigenvalue weighted by molar-refractivity contribution is 9.10. The average Bonchev–Trinajstić information content (AvgIpc) is 3.12. The first-order valence-corrected chi connectivity index (χ1v) is 12.3. The zero-order valence-electron chi connectivity index (χ0n) is 18.8. The van der Waals surface area contributed by atoms with Crippen LogP contribution in [-0.2, 0) is 9.53 Å².